The first kappa shape index (κ1) is 22.9. The fraction of sp³-hybridized carbons (Fsp3) is 0.286. The second-order valence-electron chi connectivity index (χ2n) is 9.15. The first-order valence-corrected chi connectivity index (χ1v) is 11.4. The molecule has 2 aliphatic carbocycles. The Balaban J connectivity index is 1.76. The average Bonchev–Trinajstić information content (AvgIpc) is 3.65. The minimum absolute atomic E-state index is 0.0424. The molecule has 7 nitrogen and oxygen atoms in total. The van der Waals surface area contributed by atoms with E-state index < -0.39 is 41.0 Å². The number of aliphatic hydroxyl groups excluding tert-OH is 2. The number of benzene rings is 2. The van der Waals surface area contributed by atoms with Gasteiger partial charge in [0.05, 0.1) is 29.0 Å². The van der Waals surface area contributed by atoms with Gasteiger partial charge in [-0.05, 0) is 55.7 Å². The van der Waals surface area contributed by atoms with Crippen molar-refractivity contribution in [3.8, 4) is 29.4 Å². The second kappa shape index (κ2) is 8.41. The molecule has 3 atom stereocenters. The molecule has 35 heavy (non-hydrogen) atoms. The number of aromatic hydroxyl groups is 1. The summed E-state index contributed by atoms with van der Waals surface area (Å²) in [6.45, 7) is 1.89. The van der Waals surface area contributed by atoms with Crippen LogP contribution in [0.5, 0.6) is 5.75 Å². The smallest absolute Gasteiger partial charge is 0.198 e. The van der Waals surface area contributed by atoms with Crippen LogP contribution in [0.15, 0.2) is 36.4 Å². The third-order valence-corrected chi connectivity index (χ3v) is 7.12. The van der Waals surface area contributed by atoms with E-state index in [-0.39, 0.29) is 40.0 Å². The van der Waals surface area contributed by atoms with Crippen molar-refractivity contribution in [2.24, 2.45) is 11.1 Å². The minimum Gasteiger partial charge on any atom is -0.507 e. The monoisotopic (exact) mass is 468 g/mol. The highest BCUT2D eigenvalue weighted by molar-refractivity contribution is 6.31. The summed E-state index contributed by atoms with van der Waals surface area (Å²) < 4.78 is 0. The van der Waals surface area contributed by atoms with Crippen molar-refractivity contribution in [3.05, 3.63) is 69.8 Å². The Kier molecular flexibility index (Phi) is 5.50. The number of ketones is 2. The topological polar surface area (TPSA) is 133 Å². The van der Waals surface area contributed by atoms with Gasteiger partial charge in [0.1, 0.15) is 11.9 Å². The van der Waals surface area contributed by atoms with Crippen molar-refractivity contribution in [2.75, 3.05) is 5.32 Å². The average molecular weight is 469 g/mol. The van der Waals surface area contributed by atoms with Crippen molar-refractivity contribution in [2.45, 2.75) is 44.6 Å². The molecule has 2 aromatic rings. The standard InChI is InChI=1S/C28H24N2O5/c1-15(31)28(10-11-28)22-7-5-3-2-4-6-20(32)19-13-21(33)23-24(25(19)30-22)26(34)17-9-8-16(14-29)12-18(17)27(23)35/h2-3,8-9,12-13,15,20,22,30-33H,10-11,14,29H2,1H3/b3-2-/t15-,20+,22+/m1/s1. The summed E-state index contributed by atoms with van der Waals surface area (Å²) in [4.78, 5) is 27.3. The Morgan fingerprint density at radius 2 is 1.77 bits per heavy atom. The Labute approximate surface area is 202 Å². The first-order valence-electron chi connectivity index (χ1n) is 11.4. The zero-order valence-electron chi connectivity index (χ0n) is 19.1. The van der Waals surface area contributed by atoms with Gasteiger partial charge in [0.15, 0.2) is 11.6 Å². The van der Waals surface area contributed by atoms with Crippen molar-refractivity contribution in [1.82, 2.24) is 0 Å². The van der Waals surface area contributed by atoms with Crippen molar-refractivity contribution < 1.29 is 24.9 Å². The normalized spacial score (nSPS) is 23.0. The van der Waals surface area contributed by atoms with E-state index in [1.807, 2.05) is 0 Å². The van der Waals surface area contributed by atoms with Crippen LogP contribution in [-0.2, 0) is 6.54 Å². The summed E-state index contributed by atoms with van der Waals surface area (Å²) in [7, 11) is 0. The lowest BCUT2D eigenvalue weighted by atomic mass is 9.80. The number of phenols is 1. The maximum atomic E-state index is 13.8. The fourth-order valence-corrected chi connectivity index (χ4v) is 4.87. The quantitative estimate of drug-likeness (QED) is 0.294. The molecule has 1 fully saturated rings. The molecule has 6 N–H and O–H groups in total. The third kappa shape index (κ3) is 3.62. The van der Waals surface area contributed by atoms with Crippen LogP contribution in [-0.4, -0.2) is 39.0 Å². The molecular formula is C28H24N2O5. The molecule has 0 spiro atoms. The Hall–Kier alpha value is -3.88. The van der Waals surface area contributed by atoms with E-state index in [4.69, 9.17) is 5.73 Å². The van der Waals surface area contributed by atoms with Gasteiger partial charge in [-0.25, -0.2) is 0 Å². The van der Waals surface area contributed by atoms with Crippen LogP contribution in [0.2, 0.25) is 0 Å². The largest absolute Gasteiger partial charge is 0.507 e. The molecule has 0 aromatic heterocycles. The maximum Gasteiger partial charge on any atom is 0.198 e. The van der Waals surface area contributed by atoms with E-state index in [0.717, 1.165) is 0 Å². The van der Waals surface area contributed by atoms with Gasteiger partial charge in [-0.2, -0.15) is 0 Å². The lowest BCUT2D eigenvalue weighted by Gasteiger charge is -2.31. The van der Waals surface area contributed by atoms with E-state index in [2.05, 4.69) is 29.0 Å². The van der Waals surface area contributed by atoms with Crippen LogP contribution in [0.4, 0.5) is 5.69 Å². The number of fused-ring (bicyclic) bond motifs is 4. The SMILES string of the molecule is C[C@@H](O)C1([C@@H]2C#C/C=C\C#C[C@H](O)c3cc(O)c4c(c3N2)C(=O)c2ccc(CN)cc2C4=O)CC1. The van der Waals surface area contributed by atoms with Gasteiger partial charge in [0, 0.05) is 28.7 Å². The molecule has 1 aliphatic heterocycles. The highest BCUT2D eigenvalue weighted by Gasteiger charge is 2.53. The zero-order valence-corrected chi connectivity index (χ0v) is 19.1. The zero-order chi connectivity index (χ0) is 24.9. The summed E-state index contributed by atoms with van der Waals surface area (Å²) in [6, 6.07) is 5.47. The lowest BCUT2D eigenvalue weighted by molar-refractivity contribution is 0.0976. The van der Waals surface area contributed by atoms with Crippen LogP contribution in [0.1, 0.15) is 68.8 Å². The number of hydrogen-bond donors (Lipinski definition) is 5. The van der Waals surface area contributed by atoms with Gasteiger partial charge in [-0.15, -0.1) is 0 Å². The number of carbonyl (C=O) groups excluding carboxylic acids is 2. The van der Waals surface area contributed by atoms with E-state index in [1.165, 1.54) is 12.1 Å². The van der Waals surface area contributed by atoms with E-state index in [1.54, 1.807) is 31.2 Å². The van der Waals surface area contributed by atoms with Crippen LogP contribution < -0.4 is 11.1 Å². The molecule has 0 bridgehead atoms. The van der Waals surface area contributed by atoms with Crippen LogP contribution >= 0.6 is 0 Å². The fourth-order valence-electron chi connectivity index (χ4n) is 4.87. The number of nitrogens with two attached hydrogens (primary N) is 1. The third-order valence-electron chi connectivity index (χ3n) is 7.12. The number of rotatable bonds is 3. The number of aliphatic hydroxyl groups is 2. The Morgan fingerprint density at radius 1 is 1.09 bits per heavy atom. The maximum absolute atomic E-state index is 13.8. The first-order chi connectivity index (χ1) is 16.8. The van der Waals surface area contributed by atoms with Crippen molar-refractivity contribution in [1.29, 1.82) is 0 Å². The summed E-state index contributed by atoms with van der Waals surface area (Å²) in [5.41, 5.74) is 6.34. The van der Waals surface area contributed by atoms with Crippen LogP contribution in [0.25, 0.3) is 0 Å². The molecule has 176 valence electrons. The highest BCUT2D eigenvalue weighted by Crippen LogP contribution is 2.53. The van der Waals surface area contributed by atoms with Gasteiger partial charge >= 0.3 is 0 Å². The molecule has 1 heterocycles. The van der Waals surface area contributed by atoms with Gasteiger partial charge in [0.2, 0.25) is 0 Å². The number of allylic oxidation sites excluding steroid dienone is 2. The molecule has 0 unspecified atom stereocenters. The number of hydrogen-bond acceptors (Lipinski definition) is 7. The van der Waals surface area contributed by atoms with E-state index >= 15 is 0 Å². The van der Waals surface area contributed by atoms with Gasteiger partial charge in [-0.3, -0.25) is 9.59 Å². The molecule has 7 heteroatoms. The molecule has 5 rings (SSSR count). The van der Waals surface area contributed by atoms with E-state index in [9.17, 15) is 24.9 Å². The summed E-state index contributed by atoms with van der Waals surface area (Å²) in [5, 5.41) is 35.5. The molecule has 1 saturated carbocycles. The second-order valence-corrected chi connectivity index (χ2v) is 9.15. The number of anilines is 1. The molecular weight excluding hydrogens is 444 g/mol. The summed E-state index contributed by atoms with van der Waals surface area (Å²) in [6.07, 6.45) is 2.43. The predicted molar refractivity (Wildman–Crippen MR) is 130 cm³/mol. The molecule has 0 amide bonds. The lowest BCUT2D eigenvalue weighted by Crippen LogP contribution is -2.38. The molecule has 2 aromatic carbocycles. The van der Waals surface area contributed by atoms with Gasteiger partial charge in [0.25, 0.3) is 0 Å². The van der Waals surface area contributed by atoms with E-state index in [0.29, 0.717) is 18.4 Å². The molecule has 3 aliphatic rings. The van der Waals surface area contributed by atoms with Crippen LogP contribution in [0, 0.1) is 29.1 Å². The van der Waals surface area contributed by atoms with Crippen LogP contribution in [0.3, 0.4) is 0 Å². The summed E-state index contributed by atoms with van der Waals surface area (Å²) >= 11 is 0. The van der Waals surface area contributed by atoms with Crippen molar-refractivity contribution in [3.63, 3.8) is 0 Å². The van der Waals surface area contributed by atoms with Gasteiger partial charge in [-0.1, -0.05) is 29.7 Å². The predicted octanol–water partition coefficient (Wildman–Crippen LogP) is 2.18. The Morgan fingerprint density at radius 3 is 2.43 bits per heavy atom. The van der Waals surface area contributed by atoms with Gasteiger partial charge < -0.3 is 26.4 Å². The number of carbonyl (C=O) groups is 2. The number of phenolic OH excluding ortho intramolecular Hbond substituents is 1. The molecule has 0 saturated heterocycles. The molecule has 0 radical (unpaired) electrons. The minimum atomic E-state index is -1.36. The summed E-state index contributed by atoms with van der Waals surface area (Å²) in [5.74, 6) is 9.99. The van der Waals surface area contributed by atoms with Crippen molar-refractivity contribution >= 4 is 17.3 Å². The number of nitrogens with one attached hydrogen (secondary N) is 1. The highest BCUT2D eigenvalue weighted by atomic mass is 16.3. The Bertz CT molecular complexity index is 1430.